The van der Waals surface area contributed by atoms with Gasteiger partial charge in [-0.3, -0.25) is 4.79 Å². The van der Waals surface area contributed by atoms with Crippen molar-refractivity contribution in [2.45, 2.75) is 24.7 Å². The number of amides is 1. The Hall–Kier alpha value is -2.29. The van der Waals surface area contributed by atoms with Crippen LogP contribution in [0.1, 0.15) is 33.7 Å². The van der Waals surface area contributed by atoms with E-state index < -0.39 is 24.2 Å². The van der Waals surface area contributed by atoms with Crippen molar-refractivity contribution < 1.29 is 18.0 Å². The Morgan fingerprint density at radius 2 is 2.38 bits per heavy atom. The molecule has 0 fully saturated rings. The highest BCUT2D eigenvalue weighted by atomic mass is 32.1. The number of nitrogens with one attached hydrogen (secondary N) is 2. The first-order valence-electron chi connectivity index (χ1n) is 7.25. The van der Waals surface area contributed by atoms with Crippen molar-refractivity contribution in [3.8, 4) is 0 Å². The summed E-state index contributed by atoms with van der Waals surface area (Å²) in [4.78, 5) is 12.9. The molecular formula is C15H15F3N4OS. The summed E-state index contributed by atoms with van der Waals surface area (Å²) in [6.45, 7) is 3.72. The summed E-state index contributed by atoms with van der Waals surface area (Å²) in [7, 11) is 0. The smallest absolute Gasteiger partial charge is 0.362 e. The topological polar surface area (TPSA) is 59.0 Å². The number of hydrogen-bond acceptors (Lipinski definition) is 4. The number of fused-ring (bicyclic) bond motifs is 1. The Morgan fingerprint density at radius 1 is 1.58 bits per heavy atom. The van der Waals surface area contributed by atoms with Crippen LogP contribution < -0.4 is 10.6 Å². The summed E-state index contributed by atoms with van der Waals surface area (Å²) in [6, 6.07) is 1.27. The first kappa shape index (κ1) is 16.6. The van der Waals surface area contributed by atoms with Crippen molar-refractivity contribution in [2.24, 2.45) is 0 Å². The minimum atomic E-state index is -4.45. The Kier molecular flexibility index (Phi) is 4.35. The molecule has 5 nitrogen and oxygen atoms in total. The molecule has 24 heavy (non-hydrogen) atoms. The van der Waals surface area contributed by atoms with E-state index in [0.717, 1.165) is 15.8 Å². The molecule has 0 radical (unpaired) electrons. The summed E-state index contributed by atoms with van der Waals surface area (Å²) in [6.07, 6.45) is -1.97. The zero-order chi connectivity index (χ0) is 17.3. The summed E-state index contributed by atoms with van der Waals surface area (Å²) >= 11 is 1.37. The SMILES string of the molecule is C=CCNC(=O)c1cnn2c1N[C@@H](c1cccs1)C[C@H]2C(F)(F)F. The standard InChI is InChI=1S/C15H15F3N4OS/c1-2-5-19-14(23)9-8-20-22-12(15(16,17)18)7-10(21-13(9)22)11-4-3-6-24-11/h2-4,6,8,10,12,21H,1,5,7H2,(H,19,23)/t10-,12+/m1/s1. The van der Waals surface area contributed by atoms with Gasteiger partial charge in [0, 0.05) is 17.8 Å². The molecule has 1 aliphatic rings. The maximum absolute atomic E-state index is 13.4. The van der Waals surface area contributed by atoms with Crippen molar-refractivity contribution in [1.29, 1.82) is 0 Å². The maximum Gasteiger partial charge on any atom is 0.410 e. The molecule has 0 spiro atoms. The average Bonchev–Trinajstić information content (AvgIpc) is 3.19. The summed E-state index contributed by atoms with van der Waals surface area (Å²) in [5, 5.41) is 11.2. The van der Waals surface area contributed by atoms with E-state index in [0.29, 0.717) is 0 Å². The Bertz CT molecular complexity index is 738. The quantitative estimate of drug-likeness (QED) is 0.824. The zero-order valence-electron chi connectivity index (χ0n) is 12.5. The van der Waals surface area contributed by atoms with Gasteiger partial charge in [-0.25, -0.2) is 4.68 Å². The lowest BCUT2D eigenvalue weighted by Crippen LogP contribution is -2.36. The molecule has 3 heterocycles. The van der Waals surface area contributed by atoms with E-state index in [9.17, 15) is 18.0 Å². The predicted octanol–water partition coefficient (Wildman–Crippen LogP) is 3.52. The van der Waals surface area contributed by atoms with Crippen molar-refractivity contribution in [2.75, 3.05) is 11.9 Å². The fraction of sp³-hybridized carbons (Fsp3) is 0.333. The number of rotatable bonds is 4. The summed E-state index contributed by atoms with van der Waals surface area (Å²) in [5.74, 6) is -0.403. The van der Waals surface area contributed by atoms with E-state index in [4.69, 9.17) is 0 Å². The molecule has 1 amide bonds. The number of thiophene rings is 1. The van der Waals surface area contributed by atoms with Gasteiger partial charge >= 0.3 is 6.18 Å². The van der Waals surface area contributed by atoms with Crippen molar-refractivity contribution in [3.63, 3.8) is 0 Å². The van der Waals surface area contributed by atoms with Gasteiger partial charge in [0.2, 0.25) is 0 Å². The molecule has 0 aliphatic carbocycles. The van der Waals surface area contributed by atoms with E-state index in [1.54, 1.807) is 12.1 Å². The van der Waals surface area contributed by atoms with E-state index >= 15 is 0 Å². The van der Waals surface area contributed by atoms with E-state index in [1.165, 1.54) is 17.4 Å². The Labute approximate surface area is 140 Å². The van der Waals surface area contributed by atoms with Gasteiger partial charge in [0.25, 0.3) is 5.91 Å². The molecule has 2 aromatic rings. The van der Waals surface area contributed by atoms with Crippen LogP contribution in [0.5, 0.6) is 0 Å². The third kappa shape index (κ3) is 3.03. The molecule has 0 unspecified atom stereocenters. The highest BCUT2D eigenvalue weighted by Gasteiger charge is 2.47. The van der Waals surface area contributed by atoms with E-state index in [-0.39, 0.29) is 24.3 Å². The highest BCUT2D eigenvalue weighted by molar-refractivity contribution is 7.10. The number of anilines is 1. The van der Waals surface area contributed by atoms with Crippen LogP contribution in [0.2, 0.25) is 0 Å². The van der Waals surface area contributed by atoms with Gasteiger partial charge in [0.15, 0.2) is 6.04 Å². The summed E-state index contributed by atoms with van der Waals surface area (Å²) in [5.41, 5.74) is 0.0901. The van der Waals surface area contributed by atoms with Crippen LogP contribution in [0.4, 0.5) is 19.0 Å². The molecule has 9 heteroatoms. The number of halogens is 3. The lowest BCUT2D eigenvalue weighted by Gasteiger charge is -2.33. The Balaban J connectivity index is 1.99. The number of nitrogens with zero attached hydrogens (tertiary/aromatic N) is 2. The second kappa shape index (κ2) is 6.31. The van der Waals surface area contributed by atoms with Gasteiger partial charge < -0.3 is 10.6 Å². The molecule has 1 aliphatic heterocycles. The predicted molar refractivity (Wildman–Crippen MR) is 85.1 cm³/mol. The first-order chi connectivity index (χ1) is 11.4. The van der Waals surface area contributed by atoms with Gasteiger partial charge in [0.1, 0.15) is 11.4 Å². The van der Waals surface area contributed by atoms with Crippen LogP contribution in [0.15, 0.2) is 36.4 Å². The Morgan fingerprint density at radius 3 is 3.00 bits per heavy atom. The molecule has 2 N–H and O–H groups in total. The van der Waals surface area contributed by atoms with Crippen LogP contribution in [-0.4, -0.2) is 28.4 Å². The molecule has 2 atom stereocenters. The third-order valence-electron chi connectivity index (χ3n) is 3.78. The second-order valence-electron chi connectivity index (χ2n) is 5.36. The molecule has 0 saturated heterocycles. The van der Waals surface area contributed by atoms with E-state index in [2.05, 4.69) is 22.3 Å². The van der Waals surface area contributed by atoms with Crippen LogP contribution in [-0.2, 0) is 0 Å². The second-order valence-corrected chi connectivity index (χ2v) is 6.33. The van der Waals surface area contributed by atoms with Crippen molar-refractivity contribution in [3.05, 3.63) is 46.8 Å². The van der Waals surface area contributed by atoms with Crippen LogP contribution in [0.3, 0.4) is 0 Å². The lowest BCUT2D eigenvalue weighted by atomic mass is 10.0. The number of hydrogen-bond donors (Lipinski definition) is 2. The van der Waals surface area contributed by atoms with Crippen molar-refractivity contribution in [1.82, 2.24) is 15.1 Å². The molecule has 2 aromatic heterocycles. The molecule has 0 saturated carbocycles. The first-order valence-corrected chi connectivity index (χ1v) is 8.13. The fourth-order valence-corrected chi connectivity index (χ4v) is 3.46. The van der Waals surface area contributed by atoms with Crippen LogP contribution in [0.25, 0.3) is 0 Å². The van der Waals surface area contributed by atoms with Gasteiger partial charge in [-0.15, -0.1) is 17.9 Å². The van der Waals surface area contributed by atoms with Crippen LogP contribution in [0, 0.1) is 0 Å². The number of aromatic nitrogens is 2. The van der Waals surface area contributed by atoms with Gasteiger partial charge in [-0.1, -0.05) is 12.1 Å². The minimum Gasteiger partial charge on any atom is -0.362 e. The highest BCUT2D eigenvalue weighted by Crippen LogP contribution is 2.44. The molecule has 3 rings (SSSR count). The van der Waals surface area contributed by atoms with Gasteiger partial charge in [0.05, 0.1) is 12.2 Å². The summed E-state index contributed by atoms with van der Waals surface area (Å²) < 4.78 is 41.2. The molecular weight excluding hydrogens is 341 g/mol. The van der Waals surface area contributed by atoms with Gasteiger partial charge in [-0.05, 0) is 11.4 Å². The molecule has 0 bridgehead atoms. The molecule has 0 aromatic carbocycles. The van der Waals surface area contributed by atoms with Crippen LogP contribution >= 0.6 is 11.3 Å². The molecule has 128 valence electrons. The number of alkyl halides is 3. The third-order valence-corrected chi connectivity index (χ3v) is 4.76. The van der Waals surface area contributed by atoms with Gasteiger partial charge in [-0.2, -0.15) is 18.3 Å². The largest absolute Gasteiger partial charge is 0.410 e. The normalized spacial score (nSPS) is 20.1. The van der Waals surface area contributed by atoms with Crippen molar-refractivity contribution >= 4 is 23.1 Å². The zero-order valence-corrected chi connectivity index (χ0v) is 13.3. The lowest BCUT2D eigenvalue weighted by molar-refractivity contribution is -0.173. The number of carbonyl (C=O) groups excluding carboxylic acids is 1. The number of carbonyl (C=O) groups is 1. The monoisotopic (exact) mass is 356 g/mol. The average molecular weight is 356 g/mol. The minimum absolute atomic E-state index is 0.0866. The van der Waals surface area contributed by atoms with E-state index in [1.807, 2.05) is 5.38 Å². The maximum atomic E-state index is 13.4. The fourth-order valence-electron chi connectivity index (χ4n) is 2.66.